The Morgan fingerprint density at radius 1 is 0.476 bits per heavy atom. The van der Waals surface area contributed by atoms with Gasteiger partial charge in [0.05, 0.1) is 11.0 Å². The lowest BCUT2D eigenvalue weighted by Crippen LogP contribution is -2.55. The molecule has 42 heavy (non-hydrogen) atoms. The summed E-state index contributed by atoms with van der Waals surface area (Å²) in [7, 11) is 62.5. The number of hydrogen-bond donors (Lipinski definition) is 0. The molecule has 0 bridgehead atoms. The van der Waals surface area contributed by atoms with E-state index in [0.717, 1.165) is 26.3 Å². The third-order valence-electron chi connectivity index (χ3n) is 7.30. The van der Waals surface area contributed by atoms with Crippen LogP contribution in [0, 0.1) is 0 Å². The minimum Gasteiger partial charge on any atom is -0.278 e. The Labute approximate surface area is 264 Å². The minimum absolute atomic E-state index is 0.0270. The molecule has 4 nitrogen and oxygen atoms in total. The summed E-state index contributed by atoms with van der Waals surface area (Å²) in [6, 6.07) is 13.6. The standard InChI is InChI=1S/C27H7B10BrN4/c28-15-13(16(29)20(33)23(36)19(15)32)25-39-26(14-17(30)21(34)24(37)22(35)18(14)31)41-27(40-25)42-11-4-2-1-3-9(11)10-7-8(38)5-6-12(10)42/h1-7H. The van der Waals surface area contributed by atoms with E-state index in [1.807, 2.05) is 47.0 Å². The van der Waals surface area contributed by atoms with E-state index in [0.29, 0.717) is 0 Å². The third kappa shape index (κ3) is 4.30. The van der Waals surface area contributed by atoms with E-state index in [4.69, 9.17) is 88.4 Å². The highest BCUT2D eigenvalue weighted by atomic mass is 79.9. The van der Waals surface area contributed by atoms with Gasteiger partial charge >= 0.3 is 0 Å². The van der Waals surface area contributed by atoms with Crippen molar-refractivity contribution in [1.82, 2.24) is 19.5 Å². The molecular weight excluding hydrogens is 568 g/mol. The molecule has 0 aliphatic carbocycles. The van der Waals surface area contributed by atoms with Crippen molar-refractivity contribution >= 4 is 171 Å². The molecule has 0 aliphatic rings. The van der Waals surface area contributed by atoms with Crippen molar-refractivity contribution in [1.29, 1.82) is 0 Å². The lowest BCUT2D eigenvalue weighted by Gasteiger charge is -2.23. The van der Waals surface area contributed by atoms with Crippen molar-refractivity contribution in [2.24, 2.45) is 0 Å². The van der Waals surface area contributed by atoms with Crippen LogP contribution in [0.3, 0.4) is 0 Å². The summed E-state index contributed by atoms with van der Waals surface area (Å²) in [5.41, 5.74) is 2.26. The zero-order chi connectivity index (χ0) is 30.2. The number of benzene rings is 4. The van der Waals surface area contributed by atoms with Gasteiger partial charge in [0, 0.05) is 26.4 Å². The summed E-state index contributed by atoms with van der Waals surface area (Å²) in [4.78, 5) is 14.3. The van der Waals surface area contributed by atoms with Crippen LogP contribution in [0.25, 0.3) is 50.5 Å². The van der Waals surface area contributed by atoms with Crippen LogP contribution in [-0.4, -0.2) is 98.0 Å². The maximum absolute atomic E-state index is 6.41. The molecule has 4 aromatic carbocycles. The smallest absolute Gasteiger partial charge is 0.238 e. The van der Waals surface area contributed by atoms with Crippen LogP contribution in [0.5, 0.6) is 0 Å². The first-order chi connectivity index (χ1) is 19.9. The fraction of sp³-hybridized carbons (Fsp3) is 0. The molecule has 6 aromatic rings. The second-order valence-corrected chi connectivity index (χ2v) is 10.6. The monoisotopic (exact) mass is 576 g/mol. The Morgan fingerprint density at radius 2 is 0.905 bits per heavy atom. The normalized spacial score (nSPS) is 11.5. The zero-order valence-corrected chi connectivity index (χ0v) is 23.6. The van der Waals surface area contributed by atoms with E-state index >= 15 is 0 Å². The van der Waals surface area contributed by atoms with Gasteiger partial charge in [0.15, 0.2) is 11.6 Å². The van der Waals surface area contributed by atoms with Gasteiger partial charge in [-0.25, -0.2) is 4.98 Å². The predicted octanol–water partition coefficient (Wildman–Crippen LogP) is -5.00. The summed E-state index contributed by atoms with van der Waals surface area (Å²) in [6.07, 6.45) is 0. The number of nitrogens with zero attached hydrogens (tertiary/aromatic N) is 4. The van der Waals surface area contributed by atoms with Crippen LogP contribution < -0.4 is 54.6 Å². The third-order valence-corrected chi connectivity index (χ3v) is 7.80. The molecule has 2 aromatic heterocycles. The van der Waals surface area contributed by atoms with E-state index in [1.54, 1.807) is 0 Å². The molecule has 0 spiro atoms. The van der Waals surface area contributed by atoms with E-state index < -0.39 is 0 Å². The lowest BCUT2D eigenvalue weighted by atomic mass is 9.60. The maximum Gasteiger partial charge on any atom is 0.238 e. The molecule has 0 aliphatic heterocycles. The highest BCUT2D eigenvalue weighted by molar-refractivity contribution is 9.10. The van der Waals surface area contributed by atoms with Crippen molar-refractivity contribution < 1.29 is 0 Å². The van der Waals surface area contributed by atoms with Gasteiger partial charge in [-0.1, -0.05) is 56.0 Å². The Morgan fingerprint density at radius 3 is 1.40 bits per heavy atom. The molecule has 6 rings (SSSR count). The Kier molecular flexibility index (Phi) is 7.24. The van der Waals surface area contributed by atoms with Gasteiger partial charge in [-0.05, 0) is 24.3 Å². The molecule has 0 fully saturated rings. The minimum atomic E-state index is 0.0270. The SMILES string of the molecule is [B]c1c([B])c([B])c(-c2nc(-c3c([B])c([B])c([B])c([B])c3[B])nc(-n3c4ccccc4c4cc(Br)ccc43)n2)c([B])c1[B]. The van der Waals surface area contributed by atoms with Crippen LogP contribution in [0.2, 0.25) is 0 Å². The van der Waals surface area contributed by atoms with Crippen molar-refractivity contribution in [2.45, 2.75) is 0 Å². The molecule has 0 N–H and O–H groups in total. The maximum atomic E-state index is 6.41. The number of hydrogen-bond acceptors (Lipinski definition) is 3. The second kappa shape index (κ2) is 10.5. The molecule has 20 radical (unpaired) electrons. The molecule has 172 valence electrons. The van der Waals surface area contributed by atoms with E-state index in [1.165, 1.54) is 0 Å². The van der Waals surface area contributed by atoms with Gasteiger partial charge in [0.1, 0.15) is 78.5 Å². The fourth-order valence-electron chi connectivity index (χ4n) is 5.03. The molecule has 15 heteroatoms. The van der Waals surface area contributed by atoms with Gasteiger partial charge in [0.2, 0.25) is 5.95 Å². The van der Waals surface area contributed by atoms with Gasteiger partial charge in [0.25, 0.3) is 0 Å². The first-order valence-electron chi connectivity index (χ1n) is 12.4. The van der Waals surface area contributed by atoms with Gasteiger partial charge < -0.3 is 0 Å². The van der Waals surface area contributed by atoms with E-state index in [2.05, 4.69) is 20.9 Å². The highest BCUT2D eigenvalue weighted by Gasteiger charge is 2.22. The van der Waals surface area contributed by atoms with Crippen molar-refractivity contribution in [3.8, 4) is 28.7 Å². The topological polar surface area (TPSA) is 43.6 Å². The van der Waals surface area contributed by atoms with Gasteiger partial charge in [-0.15, -0.1) is 32.8 Å². The van der Waals surface area contributed by atoms with Crippen LogP contribution in [0.15, 0.2) is 46.9 Å². The summed E-state index contributed by atoms with van der Waals surface area (Å²) < 4.78 is 2.76. The molecule has 2 heterocycles. The Bertz CT molecular complexity index is 1980. The average Bonchev–Trinajstić information content (AvgIpc) is 3.30. The molecule has 0 amide bonds. The van der Waals surface area contributed by atoms with Crippen molar-refractivity contribution in [2.75, 3.05) is 0 Å². The van der Waals surface area contributed by atoms with Crippen molar-refractivity contribution in [3.05, 3.63) is 46.9 Å². The predicted molar refractivity (Wildman–Crippen MR) is 187 cm³/mol. The number of fused-ring (bicyclic) bond motifs is 3. The Hall–Kier alpha value is -3.18. The lowest BCUT2D eigenvalue weighted by molar-refractivity contribution is 0.956. The summed E-state index contributed by atoms with van der Waals surface area (Å²) in [5, 5.41) is 1.90. The first kappa shape index (κ1) is 28.9. The van der Waals surface area contributed by atoms with Crippen LogP contribution >= 0.6 is 15.9 Å². The number of rotatable bonds is 3. The average molecular weight is 575 g/mol. The Balaban J connectivity index is 1.79. The van der Waals surface area contributed by atoms with Crippen LogP contribution in [0.4, 0.5) is 0 Å². The zero-order valence-electron chi connectivity index (χ0n) is 22.0. The van der Waals surface area contributed by atoms with Crippen LogP contribution in [-0.2, 0) is 0 Å². The quantitative estimate of drug-likeness (QED) is 0.199. The molecular formula is C27H7B10BrN4. The largest absolute Gasteiger partial charge is 0.278 e. The number of halogens is 1. The van der Waals surface area contributed by atoms with E-state index in [9.17, 15) is 0 Å². The second-order valence-electron chi connectivity index (χ2n) is 9.68. The summed E-state index contributed by atoms with van der Waals surface area (Å²) in [5.74, 6) is 0.238. The van der Waals surface area contributed by atoms with Gasteiger partial charge in [-0.2, -0.15) is 9.97 Å². The highest BCUT2D eigenvalue weighted by Crippen LogP contribution is 2.33. The number of aromatic nitrogens is 4. The summed E-state index contributed by atoms with van der Waals surface area (Å²) in [6.45, 7) is 0. The summed E-state index contributed by atoms with van der Waals surface area (Å²) >= 11 is 3.56. The van der Waals surface area contributed by atoms with Crippen LogP contribution in [0.1, 0.15) is 0 Å². The molecule has 0 unspecified atom stereocenters. The van der Waals surface area contributed by atoms with E-state index in [-0.39, 0.29) is 83.4 Å². The van der Waals surface area contributed by atoms with Gasteiger partial charge in [-0.3, -0.25) is 4.57 Å². The molecule has 0 saturated heterocycles. The number of para-hydroxylation sites is 1. The van der Waals surface area contributed by atoms with Crippen molar-refractivity contribution in [3.63, 3.8) is 0 Å². The first-order valence-corrected chi connectivity index (χ1v) is 13.2. The fourth-order valence-corrected chi connectivity index (χ4v) is 5.39. The molecule has 0 atom stereocenters. The molecule has 0 saturated carbocycles.